The fourth-order valence-corrected chi connectivity index (χ4v) is 2.94. The molecule has 1 N–H and O–H groups in total. The molecule has 1 fully saturated rings. The maximum Gasteiger partial charge on any atom is 1.00 e. The van der Waals surface area contributed by atoms with Crippen molar-refractivity contribution in [2.75, 3.05) is 0 Å². The molecule has 0 bridgehead atoms. The van der Waals surface area contributed by atoms with Gasteiger partial charge >= 0.3 is 1.43 Å². The summed E-state index contributed by atoms with van der Waals surface area (Å²) in [6.45, 7) is 0.295. The topological polar surface area (TPSA) is 82.3 Å². The Hall–Kier alpha value is -2.67. The summed E-state index contributed by atoms with van der Waals surface area (Å²) in [5.74, 6) is 0.589. The van der Waals surface area contributed by atoms with Gasteiger partial charge in [0, 0.05) is 13.0 Å². The number of hydrogen-bond acceptors (Lipinski definition) is 6. The third-order valence-corrected chi connectivity index (χ3v) is 4.63. The quantitative estimate of drug-likeness (QED) is 0.900. The largest absolute Gasteiger partial charge is 1.00 e. The number of pyridine rings is 1. The Morgan fingerprint density at radius 2 is 2.24 bits per heavy atom. The van der Waals surface area contributed by atoms with Gasteiger partial charge in [0.05, 0.1) is 30.0 Å². The summed E-state index contributed by atoms with van der Waals surface area (Å²) >= 11 is 0. The molecule has 2 aromatic rings. The van der Waals surface area contributed by atoms with Gasteiger partial charge in [0.25, 0.3) is 0 Å². The smallest absolute Gasteiger partial charge is 0.506 e. The third kappa shape index (κ3) is 3.15. The van der Waals surface area contributed by atoms with E-state index in [0.29, 0.717) is 23.9 Å². The molecule has 0 radical (unpaired) electrons. The molecule has 0 spiro atoms. The number of rotatable bonds is 5. The fraction of sp³-hybridized carbons (Fsp3) is 0.389. The van der Waals surface area contributed by atoms with E-state index in [1.54, 1.807) is 29.2 Å². The van der Waals surface area contributed by atoms with Crippen LogP contribution in [0, 0.1) is 0 Å². The van der Waals surface area contributed by atoms with Crippen molar-refractivity contribution in [1.29, 1.82) is 0 Å². The van der Waals surface area contributed by atoms with Crippen LogP contribution in [0.25, 0.3) is 11.4 Å². The second-order valence-electron chi connectivity index (χ2n) is 6.27. The Morgan fingerprint density at radius 3 is 2.96 bits per heavy atom. The van der Waals surface area contributed by atoms with Gasteiger partial charge in [-0.05, 0) is 37.1 Å². The molecule has 0 aromatic carbocycles. The maximum absolute atomic E-state index is 10.1. The standard InChI is InChI=1S/C18H20N4O3/c1-22-14(11-25-16-7-2-3-10-24-16)18(20-21-22)13-8-9-15(23)17(19-13)12-5-4-6-12/h2-3,7-10,12,16,23H,4-6,11H2,1H3/p+1. The summed E-state index contributed by atoms with van der Waals surface area (Å²) < 4.78 is 12.8. The molecular formula is C18H21N4O3+. The molecule has 1 saturated carbocycles. The Balaban J connectivity index is 0.00000196. The lowest BCUT2D eigenvalue weighted by Gasteiger charge is -2.25. The van der Waals surface area contributed by atoms with Crippen molar-refractivity contribution in [3.8, 4) is 17.1 Å². The van der Waals surface area contributed by atoms with E-state index in [4.69, 9.17) is 9.47 Å². The van der Waals surface area contributed by atoms with Crippen LogP contribution < -0.4 is 0 Å². The second kappa shape index (κ2) is 6.68. The molecule has 0 saturated heterocycles. The first-order valence-electron chi connectivity index (χ1n) is 8.41. The predicted octanol–water partition coefficient (Wildman–Crippen LogP) is 2.91. The molecule has 0 amide bonds. The first-order chi connectivity index (χ1) is 12.2. The zero-order valence-electron chi connectivity index (χ0n) is 15.0. The molecule has 7 nitrogen and oxygen atoms in total. The molecule has 3 heterocycles. The minimum atomic E-state index is -0.425. The summed E-state index contributed by atoms with van der Waals surface area (Å²) in [4.78, 5) is 4.66. The van der Waals surface area contributed by atoms with E-state index >= 15 is 0 Å². The highest BCUT2D eigenvalue weighted by molar-refractivity contribution is 5.58. The van der Waals surface area contributed by atoms with Crippen LogP contribution in [0.5, 0.6) is 5.75 Å². The molecule has 1 aliphatic heterocycles. The second-order valence-corrected chi connectivity index (χ2v) is 6.27. The monoisotopic (exact) mass is 341 g/mol. The van der Waals surface area contributed by atoms with Crippen LogP contribution in [0.3, 0.4) is 0 Å². The van der Waals surface area contributed by atoms with E-state index in [2.05, 4.69) is 15.3 Å². The number of aromatic hydroxyl groups is 1. The number of aryl methyl sites for hydroxylation is 1. The van der Waals surface area contributed by atoms with E-state index < -0.39 is 6.29 Å². The van der Waals surface area contributed by atoms with Crippen LogP contribution >= 0.6 is 0 Å². The van der Waals surface area contributed by atoms with Crippen molar-refractivity contribution >= 4 is 0 Å². The van der Waals surface area contributed by atoms with Gasteiger partial charge in [-0.3, -0.25) is 0 Å². The van der Waals surface area contributed by atoms with Crippen LogP contribution in [0.4, 0.5) is 0 Å². The van der Waals surface area contributed by atoms with E-state index in [9.17, 15) is 5.11 Å². The lowest BCUT2D eigenvalue weighted by Crippen LogP contribution is -2.15. The van der Waals surface area contributed by atoms with Crippen molar-refractivity contribution in [3.05, 3.63) is 48.0 Å². The lowest BCUT2D eigenvalue weighted by atomic mass is 9.82. The molecule has 1 unspecified atom stereocenters. The summed E-state index contributed by atoms with van der Waals surface area (Å²) in [5.41, 5.74) is 2.93. The number of allylic oxidation sites excluding steroid dienone is 2. The Kier molecular flexibility index (Phi) is 4.23. The van der Waals surface area contributed by atoms with Crippen molar-refractivity contribution in [1.82, 2.24) is 20.0 Å². The van der Waals surface area contributed by atoms with Crippen LogP contribution in [0.1, 0.15) is 38.0 Å². The summed E-state index contributed by atoms with van der Waals surface area (Å²) in [6, 6.07) is 3.46. The highest BCUT2D eigenvalue weighted by atomic mass is 16.7. The Bertz CT molecular complexity index is 830. The zero-order chi connectivity index (χ0) is 17.2. The molecule has 4 rings (SSSR count). The van der Waals surface area contributed by atoms with Gasteiger partial charge < -0.3 is 14.6 Å². The molecular weight excluding hydrogens is 320 g/mol. The fourth-order valence-electron chi connectivity index (χ4n) is 2.94. The average Bonchev–Trinajstić information content (AvgIpc) is 2.95. The van der Waals surface area contributed by atoms with Gasteiger partial charge in [-0.25, -0.2) is 9.67 Å². The van der Waals surface area contributed by atoms with Gasteiger partial charge in [0.2, 0.25) is 6.29 Å². The van der Waals surface area contributed by atoms with Gasteiger partial charge in [-0.1, -0.05) is 17.7 Å². The van der Waals surface area contributed by atoms with E-state index in [1.807, 2.05) is 19.2 Å². The van der Waals surface area contributed by atoms with Crippen LogP contribution in [0.15, 0.2) is 36.6 Å². The van der Waals surface area contributed by atoms with E-state index in [1.165, 1.54) is 6.42 Å². The van der Waals surface area contributed by atoms with Gasteiger partial charge in [-0.2, -0.15) is 0 Å². The van der Waals surface area contributed by atoms with Gasteiger partial charge in [0.15, 0.2) is 0 Å². The SMILES string of the molecule is Cn1nnc(-c2ccc(O)c(C3CCC3)n2)c1COC1C=CC=CO1.[H+]. The normalized spacial score (nSPS) is 19.6. The number of aromatic nitrogens is 4. The summed E-state index contributed by atoms with van der Waals surface area (Å²) in [5, 5.41) is 18.4. The van der Waals surface area contributed by atoms with Crippen molar-refractivity contribution in [2.24, 2.45) is 7.05 Å². The number of ether oxygens (including phenoxy) is 2. The molecule has 1 aliphatic carbocycles. The number of nitrogens with zero attached hydrogens (tertiary/aromatic N) is 4. The minimum Gasteiger partial charge on any atom is -0.506 e. The Morgan fingerprint density at radius 1 is 1.36 bits per heavy atom. The highest BCUT2D eigenvalue weighted by Crippen LogP contribution is 2.40. The zero-order valence-corrected chi connectivity index (χ0v) is 14.0. The predicted molar refractivity (Wildman–Crippen MR) is 91.5 cm³/mol. The van der Waals surface area contributed by atoms with Crippen LogP contribution in [0.2, 0.25) is 0 Å². The van der Waals surface area contributed by atoms with Crippen molar-refractivity contribution < 1.29 is 16.0 Å². The average molecular weight is 341 g/mol. The molecule has 130 valence electrons. The van der Waals surface area contributed by atoms with Crippen LogP contribution in [-0.2, 0) is 23.1 Å². The lowest BCUT2D eigenvalue weighted by molar-refractivity contribution is -0.0842. The van der Waals surface area contributed by atoms with Gasteiger partial charge in [0.1, 0.15) is 11.4 Å². The van der Waals surface area contributed by atoms with Crippen molar-refractivity contribution in [3.63, 3.8) is 0 Å². The first-order valence-corrected chi connectivity index (χ1v) is 8.41. The minimum absolute atomic E-state index is 0. The molecule has 25 heavy (non-hydrogen) atoms. The van der Waals surface area contributed by atoms with E-state index in [0.717, 1.165) is 24.2 Å². The van der Waals surface area contributed by atoms with Crippen molar-refractivity contribution in [2.45, 2.75) is 38.1 Å². The molecule has 2 aromatic heterocycles. The molecule has 7 heteroatoms. The third-order valence-electron chi connectivity index (χ3n) is 4.63. The first kappa shape index (κ1) is 15.8. The maximum atomic E-state index is 10.1. The van der Waals surface area contributed by atoms with Crippen LogP contribution in [-0.4, -0.2) is 31.4 Å². The highest BCUT2D eigenvalue weighted by Gasteiger charge is 2.25. The summed E-state index contributed by atoms with van der Waals surface area (Å²) in [6.07, 6.45) is 10.0. The summed E-state index contributed by atoms with van der Waals surface area (Å²) in [7, 11) is 1.82. The van der Waals surface area contributed by atoms with Gasteiger partial charge in [-0.15, -0.1) is 5.10 Å². The molecule has 2 aliphatic rings. The Labute approximate surface area is 147 Å². The molecule has 1 atom stereocenters. The van der Waals surface area contributed by atoms with E-state index in [-0.39, 0.29) is 7.18 Å². The number of hydrogen-bond donors (Lipinski definition) is 1.